The maximum Gasteiger partial charge on any atom is 0.275 e. The first-order valence-corrected chi connectivity index (χ1v) is 11.3. The summed E-state index contributed by atoms with van der Waals surface area (Å²) in [6.07, 6.45) is 0. The molecule has 0 spiro atoms. The number of carbonyl (C=O) groups is 1. The average Bonchev–Trinajstić information content (AvgIpc) is 3.35. The van der Waals surface area contributed by atoms with Crippen LogP contribution in [0.15, 0.2) is 59.1 Å². The van der Waals surface area contributed by atoms with Gasteiger partial charge < -0.3 is 5.32 Å². The van der Waals surface area contributed by atoms with Crippen LogP contribution in [0.1, 0.15) is 32.4 Å². The van der Waals surface area contributed by atoms with E-state index >= 15 is 0 Å². The molecule has 2 heterocycles. The van der Waals surface area contributed by atoms with Gasteiger partial charge >= 0.3 is 0 Å². The van der Waals surface area contributed by atoms with Gasteiger partial charge in [-0.3, -0.25) is 9.36 Å². The Kier molecular flexibility index (Phi) is 5.96. The first-order chi connectivity index (χ1) is 14.5. The van der Waals surface area contributed by atoms with E-state index in [4.69, 9.17) is 0 Å². The Labute approximate surface area is 183 Å². The smallest absolute Gasteiger partial charge is 0.275 e. The summed E-state index contributed by atoms with van der Waals surface area (Å²) in [5.41, 5.74) is 4.56. The zero-order valence-corrected chi connectivity index (χ0v) is 18.5. The number of thiazole rings is 1. The highest BCUT2D eigenvalue weighted by Gasteiger charge is 2.15. The number of carbonyl (C=O) groups excluding carboxylic acids is 1. The van der Waals surface area contributed by atoms with Crippen molar-refractivity contribution in [2.75, 3.05) is 5.32 Å². The Morgan fingerprint density at radius 3 is 2.60 bits per heavy atom. The van der Waals surface area contributed by atoms with E-state index in [1.807, 2.05) is 50.2 Å². The minimum Gasteiger partial charge on any atom is -0.321 e. The van der Waals surface area contributed by atoms with Gasteiger partial charge in [0.15, 0.2) is 5.16 Å². The number of nitrogens with zero attached hydrogens (tertiary/aromatic N) is 4. The first-order valence-electron chi connectivity index (χ1n) is 9.44. The zero-order chi connectivity index (χ0) is 21.1. The van der Waals surface area contributed by atoms with E-state index in [0.29, 0.717) is 11.4 Å². The van der Waals surface area contributed by atoms with E-state index in [-0.39, 0.29) is 5.91 Å². The number of aromatic nitrogens is 4. The number of nitrogens with one attached hydrogen (secondary N) is 1. The predicted octanol–water partition coefficient (Wildman–Crippen LogP) is 5.19. The second kappa shape index (κ2) is 8.81. The fourth-order valence-electron chi connectivity index (χ4n) is 2.97. The Balaban J connectivity index is 1.45. The molecule has 0 aliphatic rings. The molecular weight excluding hydrogens is 414 g/mol. The normalized spacial score (nSPS) is 10.9. The van der Waals surface area contributed by atoms with Crippen molar-refractivity contribution in [3.8, 4) is 5.69 Å². The summed E-state index contributed by atoms with van der Waals surface area (Å²) >= 11 is 3.03. The number of amides is 1. The monoisotopic (exact) mass is 435 g/mol. The lowest BCUT2D eigenvalue weighted by atomic mass is 10.2. The predicted molar refractivity (Wildman–Crippen MR) is 122 cm³/mol. The van der Waals surface area contributed by atoms with E-state index in [1.165, 1.54) is 11.3 Å². The van der Waals surface area contributed by atoms with Gasteiger partial charge in [0.05, 0.1) is 11.4 Å². The van der Waals surface area contributed by atoms with Crippen molar-refractivity contribution in [2.45, 2.75) is 31.7 Å². The molecule has 30 heavy (non-hydrogen) atoms. The van der Waals surface area contributed by atoms with Crippen LogP contribution in [-0.4, -0.2) is 25.7 Å². The van der Waals surface area contributed by atoms with Crippen molar-refractivity contribution in [1.82, 2.24) is 19.7 Å². The molecule has 0 atom stereocenters. The maximum absolute atomic E-state index is 12.5. The summed E-state index contributed by atoms with van der Waals surface area (Å²) in [7, 11) is 0. The highest BCUT2D eigenvalue weighted by molar-refractivity contribution is 7.98. The lowest BCUT2D eigenvalue weighted by Crippen LogP contribution is -2.12. The van der Waals surface area contributed by atoms with Gasteiger partial charge in [-0.25, -0.2) is 4.98 Å². The van der Waals surface area contributed by atoms with Crippen LogP contribution >= 0.6 is 23.1 Å². The zero-order valence-electron chi connectivity index (χ0n) is 16.9. The molecule has 0 aliphatic heterocycles. The van der Waals surface area contributed by atoms with Crippen molar-refractivity contribution in [3.05, 3.63) is 81.6 Å². The molecule has 2 aromatic heterocycles. The fourth-order valence-corrected chi connectivity index (χ4v) is 4.75. The number of anilines is 1. The van der Waals surface area contributed by atoms with Crippen molar-refractivity contribution in [1.29, 1.82) is 0 Å². The van der Waals surface area contributed by atoms with Crippen LogP contribution in [0.3, 0.4) is 0 Å². The average molecular weight is 436 g/mol. The van der Waals surface area contributed by atoms with Crippen LogP contribution in [0.2, 0.25) is 0 Å². The molecule has 0 aliphatic carbocycles. The molecule has 6 nitrogen and oxygen atoms in total. The molecule has 0 bridgehead atoms. The van der Waals surface area contributed by atoms with Gasteiger partial charge in [0.2, 0.25) is 0 Å². The van der Waals surface area contributed by atoms with E-state index in [9.17, 15) is 4.79 Å². The van der Waals surface area contributed by atoms with Gasteiger partial charge in [-0.1, -0.05) is 47.7 Å². The van der Waals surface area contributed by atoms with Crippen LogP contribution < -0.4 is 5.32 Å². The van der Waals surface area contributed by atoms with Crippen molar-refractivity contribution >= 4 is 34.7 Å². The standard InChI is InChI=1S/C22H21N5OS2/c1-14-8-10-17(11-9-14)23-21(28)18-12-29-20(24-18)13-30-22-26-25-16(3)27(22)19-7-5-4-6-15(19)2/h4-12H,13H2,1-3H3,(H,23,28). The Hall–Kier alpha value is -2.97. The minimum atomic E-state index is -0.203. The number of hydrogen-bond acceptors (Lipinski definition) is 6. The minimum absolute atomic E-state index is 0.203. The molecule has 4 aromatic rings. The molecular formula is C22H21N5OS2. The van der Waals surface area contributed by atoms with Gasteiger partial charge in [-0.2, -0.15) is 0 Å². The number of aryl methyl sites for hydroxylation is 3. The quantitative estimate of drug-likeness (QED) is 0.422. The molecule has 152 valence electrons. The molecule has 0 radical (unpaired) electrons. The van der Waals surface area contributed by atoms with Crippen LogP contribution in [0.25, 0.3) is 5.69 Å². The largest absolute Gasteiger partial charge is 0.321 e. The van der Waals surface area contributed by atoms with Gasteiger partial charge in [0, 0.05) is 11.1 Å². The van der Waals surface area contributed by atoms with Crippen molar-refractivity contribution in [2.24, 2.45) is 0 Å². The number of para-hydroxylation sites is 1. The number of hydrogen-bond donors (Lipinski definition) is 1. The van der Waals surface area contributed by atoms with Gasteiger partial charge in [0.25, 0.3) is 5.91 Å². The van der Waals surface area contributed by atoms with Crippen molar-refractivity contribution in [3.63, 3.8) is 0 Å². The molecule has 0 unspecified atom stereocenters. The first kappa shape index (κ1) is 20.3. The fraction of sp³-hybridized carbons (Fsp3) is 0.182. The van der Waals surface area contributed by atoms with E-state index < -0.39 is 0 Å². The lowest BCUT2D eigenvalue weighted by molar-refractivity contribution is 0.102. The van der Waals surface area contributed by atoms with Crippen molar-refractivity contribution < 1.29 is 4.79 Å². The number of thioether (sulfide) groups is 1. The highest BCUT2D eigenvalue weighted by atomic mass is 32.2. The highest BCUT2D eigenvalue weighted by Crippen LogP contribution is 2.27. The molecule has 0 saturated heterocycles. The van der Waals surface area contributed by atoms with Crippen LogP contribution in [-0.2, 0) is 5.75 Å². The molecule has 2 aromatic carbocycles. The SMILES string of the molecule is Cc1ccc(NC(=O)c2csc(CSc3nnc(C)n3-c3ccccc3C)n2)cc1. The topological polar surface area (TPSA) is 72.7 Å². The number of rotatable bonds is 6. The second-order valence-electron chi connectivity index (χ2n) is 6.89. The Morgan fingerprint density at radius 2 is 1.83 bits per heavy atom. The molecule has 0 saturated carbocycles. The third-order valence-corrected chi connectivity index (χ3v) is 6.54. The third-order valence-electron chi connectivity index (χ3n) is 4.57. The Morgan fingerprint density at radius 1 is 1.07 bits per heavy atom. The van der Waals surface area contributed by atoms with Crippen LogP contribution in [0.4, 0.5) is 5.69 Å². The lowest BCUT2D eigenvalue weighted by Gasteiger charge is -2.10. The van der Waals surface area contributed by atoms with Gasteiger partial charge in [-0.15, -0.1) is 21.5 Å². The summed E-state index contributed by atoms with van der Waals surface area (Å²) in [5, 5.41) is 14.9. The molecule has 0 fully saturated rings. The molecule has 8 heteroatoms. The summed E-state index contributed by atoms with van der Waals surface area (Å²) in [4.78, 5) is 17.0. The van der Waals surface area contributed by atoms with Gasteiger partial charge in [-0.05, 0) is 44.5 Å². The number of benzene rings is 2. The van der Waals surface area contributed by atoms with Gasteiger partial charge in [0.1, 0.15) is 16.5 Å². The summed E-state index contributed by atoms with van der Waals surface area (Å²) in [5.74, 6) is 1.25. The third kappa shape index (κ3) is 4.44. The summed E-state index contributed by atoms with van der Waals surface area (Å²) in [6, 6.07) is 15.9. The Bertz CT molecular complexity index is 1180. The van der Waals surface area contributed by atoms with E-state index in [1.54, 1.807) is 17.1 Å². The van der Waals surface area contributed by atoms with E-state index in [0.717, 1.165) is 38.5 Å². The van der Waals surface area contributed by atoms with Crippen LogP contribution in [0, 0.1) is 20.8 Å². The maximum atomic E-state index is 12.5. The molecule has 4 rings (SSSR count). The second-order valence-corrected chi connectivity index (χ2v) is 8.77. The van der Waals surface area contributed by atoms with Crippen LogP contribution in [0.5, 0.6) is 0 Å². The van der Waals surface area contributed by atoms with E-state index in [2.05, 4.69) is 44.1 Å². The summed E-state index contributed by atoms with van der Waals surface area (Å²) < 4.78 is 2.05. The molecule has 1 N–H and O–H groups in total. The summed E-state index contributed by atoms with van der Waals surface area (Å²) in [6.45, 7) is 6.03. The molecule has 1 amide bonds.